The molecule has 31 heavy (non-hydrogen) atoms. The number of aromatic nitrogens is 3. The van der Waals surface area contributed by atoms with Crippen molar-refractivity contribution in [2.24, 2.45) is 0 Å². The molecule has 0 bridgehead atoms. The topological polar surface area (TPSA) is 76.9 Å². The normalized spacial score (nSPS) is 11.2. The summed E-state index contributed by atoms with van der Waals surface area (Å²) < 4.78 is 28.5. The van der Waals surface area contributed by atoms with Crippen molar-refractivity contribution in [3.63, 3.8) is 0 Å². The van der Waals surface area contributed by atoms with Gasteiger partial charge in [0.2, 0.25) is 0 Å². The molecule has 0 aliphatic carbocycles. The number of nitrogens with one attached hydrogen (secondary N) is 1. The molecule has 1 N–H and O–H groups in total. The van der Waals surface area contributed by atoms with Crippen LogP contribution in [0.15, 0.2) is 71.5 Å². The van der Waals surface area contributed by atoms with Gasteiger partial charge >= 0.3 is 0 Å². The van der Waals surface area contributed by atoms with E-state index in [2.05, 4.69) is 15.4 Å². The molecule has 3 aromatic carbocycles. The van der Waals surface area contributed by atoms with Crippen LogP contribution in [0.3, 0.4) is 0 Å². The lowest BCUT2D eigenvalue weighted by Crippen LogP contribution is -2.26. The van der Waals surface area contributed by atoms with E-state index in [0.717, 1.165) is 23.5 Å². The van der Waals surface area contributed by atoms with Crippen LogP contribution in [0.1, 0.15) is 10.5 Å². The predicted octanol–water partition coefficient (Wildman–Crippen LogP) is 4.53. The van der Waals surface area contributed by atoms with Gasteiger partial charge in [-0.2, -0.15) is 9.78 Å². The Morgan fingerprint density at radius 2 is 1.61 bits per heavy atom. The molecule has 9 heteroatoms. The first kappa shape index (κ1) is 19.0. The maximum Gasteiger partial charge on any atom is 0.279 e. The van der Waals surface area contributed by atoms with Gasteiger partial charge in [-0.15, -0.1) is 0 Å². The fourth-order valence-corrected chi connectivity index (χ4v) is 4.10. The Bertz CT molecular complexity index is 1490. The fraction of sp³-hybridized carbons (Fsp3) is 0. The molecule has 0 atom stereocenters. The number of rotatable bonds is 3. The third kappa shape index (κ3) is 3.34. The summed E-state index contributed by atoms with van der Waals surface area (Å²) in [5.41, 5.74) is 0.407. The zero-order valence-electron chi connectivity index (χ0n) is 15.7. The molecular formula is C22H12F2N4O2S. The highest BCUT2D eigenvalue weighted by Gasteiger charge is 2.19. The van der Waals surface area contributed by atoms with E-state index in [1.165, 1.54) is 4.68 Å². The summed E-state index contributed by atoms with van der Waals surface area (Å²) in [7, 11) is 0. The van der Waals surface area contributed by atoms with Crippen molar-refractivity contribution >= 4 is 43.4 Å². The number of anilines is 1. The molecule has 5 rings (SSSR count). The summed E-state index contributed by atoms with van der Waals surface area (Å²) in [6, 6.07) is 17.4. The van der Waals surface area contributed by atoms with Crippen LogP contribution in [0.25, 0.3) is 26.7 Å². The van der Waals surface area contributed by atoms with E-state index in [-0.39, 0.29) is 21.9 Å². The highest BCUT2D eigenvalue weighted by molar-refractivity contribution is 7.22. The Morgan fingerprint density at radius 3 is 2.39 bits per heavy atom. The van der Waals surface area contributed by atoms with Crippen LogP contribution in [-0.4, -0.2) is 20.7 Å². The molecule has 1 amide bonds. The Balaban J connectivity index is 1.61. The molecule has 0 spiro atoms. The van der Waals surface area contributed by atoms with Crippen LogP contribution in [-0.2, 0) is 0 Å². The molecule has 0 aliphatic rings. The zero-order chi connectivity index (χ0) is 21.5. The Hall–Kier alpha value is -3.98. The molecule has 152 valence electrons. The maximum absolute atomic E-state index is 13.5. The van der Waals surface area contributed by atoms with Crippen LogP contribution in [0.5, 0.6) is 0 Å². The minimum absolute atomic E-state index is 0.0238. The molecule has 0 fully saturated rings. The number of benzene rings is 3. The SMILES string of the molecule is O=C(Nc1nc2cc(F)c(F)cc2s1)c1nn(-c2ccccc2)c(=O)c2ccccc12. The monoisotopic (exact) mass is 434 g/mol. The highest BCUT2D eigenvalue weighted by Crippen LogP contribution is 2.28. The maximum atomic E-state index is 13.5. The van der Waals surface area contributed by atoms with Crippen molar-refractivity contribution in [1.29, 1.82) is 0 Å². The van der Waals surface area contributed by atoms with Crippen molar-refractivity contribution in [3.05, 3.63) is 94.4 Å². The van der Waals surface area contributed by atoms with Crippen LogP contribution in [0.4, 0.5) is 13.9 Å². The molecule has 0 radical (unpaired) electrons. The number of hydrogen-bond acceptors (Lipinski definition) is 5. The highest BCUT2D eigenvalue weighted by atomic mass is 32.1. The van der Waals surface area contributed by atoms with Gasteiger partial charge in [-0.05, 0) is 24.3 Å². The number of fused-ring (bicyclic) bond motifs is 2. The van der Waals surface area contributed by atoms with Crippen LogP contribution in [0.2, 0.25) is 0 Å². The lowest BCUT2D eigenvalue weighted by Gasteiger charge is -2.10. The van der Waals surface area contributed by atoms with E-state index in [9.17, 15) is 18.4 Å². The number of carbonyl (C=O) groups excluding carboxylic acids is 1. The second kappa shape index (κ2) is 7.37. The smallest absolute Gasteiger partial charge is 0.279 e. The van der Waals surface area contributed by atoms with E-state index >= 15 is 0 Å². The van der Waals surface area contributed by atoms with Crippen molar-refractivity contribution in [1.82, 2.24) is 14.8 Å². The minimum atomic E-state index is -1.02. The van der Waals surface area contributed by atoms with Crippen molar-refractivity contribution in [2.45, 2.75) is 0 Å². The summed E-state index contributed by atoms with van der Waals surface area (Å²) in [6.45, 7) is 0. The van der Waals surface area contributed by atoms with Crippen molar-refractivity contribution < 1.29 is 13.6 Å². The molecule has 2 heterocycles. The first-order valence-electron chi connectivity index (χ1n) is 9.16. The van der Waals surface area contributed by atoms with Gasteiger partial charge in [0.05, 0.1) is 21.3 Å². The number of nitrogens with zero attached hydrogens (tertiary/aromatic N) is 3. The van der Waals surface area contributed by atoms with Gasteiger partial charge in [-0.3, -0.25) is 14.9 Å². The van der Waals surface area contributed by atoms with Gasteiger partial charge in [-0.25, -0.2) is 13.8 Å². The lowest BCUT2D eigenvalue weighted by molar-refractivity contribution is 0.102. The molecule has 0 unspecified atom stereocenters. The third-order valence-electron chi connectivity index (χ3n) is 4.67. The summed E-state index contributed by atoms with van der Waals surface area (Å²) in [5.74, 6) is -2.60. The number of halogens is 2. The van der Waals surface area contributed by atoms with Gasteiger partial charge in [0.25, 0.3) is 11.5 Å². The van der Waals surface area contributed by atoms with Gasteiger partial charge < -0.3 is 0 Å². The van der Waals surface area contributed by atoms with Crippen LogP contribution in [0, 0.1) is 11.6 Å². The first-order valence-corrected chi connectivity index (χ1v) is 9.97. The average Bonchev–Trinajstić information content (AvgIpc) is 3.15. The third-order valence-corrected chi connectivity index (χ3v) is 5.61. The number of thiazole rings is 1. The van der Waals surface area contributed by atoms with Crippen LogP contribution < -0.4 is 10.9 Å². The standard InChI is InChI=1S/C22H12F2N4O2S/c23-15-10-17-18(11-16(15)24)31-22(25-17)26-20(29)19-13-8-4-5-9-14(13)21(30)28(27-19)12-6-2-1-3-7-12/h1-11H,(H,25,26,29). The minimum Gasteiger partial charge on any atom is -0.296 e. The van der Waals surface area contributed by atoms with Crippen molar-refractivity contribution in [2.75, 3.05) is 5.32 Å². The first-order chi connectivity index (χ1) is 15.0. The van der Waals surface area contributed by atoms with Gasteiger partial charge in [-0.1, -0.05) is 47.7 Å². The summed E-state index contributed by atoms with van der Waals surface area (Å²) >= 11 is 1.01. The Morgan fingerprint density at radius 1 is 0.935 bits per heavy atom. The molecule has 6 nitrogen and oxygen atoms in total. The number of hydrogen-bond donors (Lipinski definition) is 1. The van der Waals surface area contributed by atoms with Gasteiger partial charge in [0.15, 0.2) is 22.5 Å². The van der Waals surface area contributed by atoms with E-state index in [1.807, 2.05) is 6.07 Å². The zero-order valence-corrected chi connectivity index (χ0v) is 16.5. The number of carbonyl (C=O) groups is 1. The molecule has 2 aromatic heterocycles. The Kier molecular flexibility index (Phi) is 4.52. The van der Waals surface area contributed by atoms with E-state index in [4.69, 9.17) is 0 Å². The fourth-order valence-electron chi connectivity index (χ4n) is 3.23. The van der Waals surface area contributed by atoms with Gasteiger partial charge in [0.1, 0.15) is 0 Å². The van der Waals surface area contributed by atoms with Crippen LogP contribution >= 0.6 is 11.3 Å². The Labute approximate surface area is 177 Å². The second-order valence-electron chi connectivity index (χ2n) is 6.65. The van der Waals surface area contributed by atoms with E-state index in [1.54, 1.807) is 48.5 Å². The molecule has 0 saturated heterocycles. The van der Waals surface area contributed by atoms with Gasteiger partial charge in [0, 0.05) is 11.5 Å². The molecule has 5 aromatic rings. The second-order valence-corrected chi connectivity index (χ2v) is 7.68. The van der Waals surface area contributed by atoms with Crippen molar-refractivity contribution in [3.8, 4) is 5.69 Å². The quantitative estimate of drug-likeness (QED) is 0.453. The summed E-state index contributed by atoms with van der Waals surface area (Å²) in [6.07, 6.45) is 0. The van der Waals surface area contributed by atoms with E-state index < -0.39 is 17.5 Å². The molecule has 0 aliphatic heterocycles. The number of para-hydroxylation sites is 1. The molecule has 0 saturated carbocycles. The summed E-state index contributed by atoms with van der Waals surface area (Å²) in [5, 5.41) is 7.80. The summed E-state index contributed by atoms with van der Waals surface area (Å²) in [4.78, 5) is 30.1. The largest absolute Gasteiger partial charge is 0.296 e. The predicted molar refractivity (Wildman–Crippen MR) is 115 cm³/mol. The average molecular weight is 434 g/mol. The number of amides is 1. The lowest BCUT2D eigenvalue weighted by atomic mass is 10.1. The molecular weight excluding hydrogens is 422 g/mol. The van der Waals surface area contributed by atoms with E-state index in [0.29, 0.717) is 21.2 Å².